The number of ketones is 1. The van der Waals surface area contributed by atoms with Gasteiger partial charge in [-0.25, -0.2) is 13.6 Å². The Kier molecular flexibility index (Phi) is 3.64. The van der Waals surface area contributed by atoms with Gasteiger partial charge in [0.15, 0.2) is 5.78 Å². The van der Waals surface area contributed by atoms with E-state index >= 15 is 0 Å². The smallest absolute Gasteiger partial charge is 0.238 e. The van der Waals surface area contributed by atoms with E-state index in [1.807, 2.05) is 0 Å². The van der Waals surface area contributed by atoms with Gasteiger partial charge in [-0.2, -0.15) is 0 Å². The van der Waals surface area contributed by atoms with E-state index in [4.69, 9.17) is 9.56 Å². The number of carbonyl (C=O) groups is 1. The van der Waals surface area contributed by atoms with E-state index in [1.54, 1.807) is 12.1 Å². The SMILES string of the molecule is NS(=O)(=O)c1ccc(C(=O)/C=C/c2ccco2)cc1. The largest absolute Gasteiger partial charge is 0.465 e. The van der Waals surface area contributed by atoms with Crippen LogP contribution >= 0.6 is 0 Å². The second-order valence-electron chi connectivity index (χ2n) is 3.78. The molecule has 2 N–H and O–H groups in total. The average molecular weight is 277 g/mol. The lowest BCUT2D eigenvalue weighted by Crippen LogP contribution is -2.12. The number of allylic oxidation sites excluding steroid dienone is 1. The zero-order chi connectivity index (χ0) is 13.9. The van der Waals surface area contributed by atoms with Crippen LogP contribution in [0, 0.1) is 0 Å². The Morgan fingerprint density at radius 3 is 2.37 bits per heavy atom. The molecule has 0 amide bonds. The van der Waals surface area contributed by atoms with E-state index in [2.05, 4.69) is 0 Å². The van der Waals surface area contributed by atoms with Gasteiger partial charge >= 0.3 is 0 Å². The van der Waals surface area contributed by atoms with Gasteiger partial charge in [0, 0.05) is 5.56 Å². The number of benzene rings is 1. The molecule has 0 spiro atoms. The van der Waals surface area contributed by atoms with Crippen molar-refractivity contribution in [1.29, 1.82) is 0 Å². The van der Waals surface area contributed by atoms with Crippen molar-refractivity contribution in [2.24, 2.45) is 5.14 Å². The molecule has 1 aromatic heterocycles. The Labute approximate surface area is 110 Å². The van der Waals surface area contributed by atoms with Crippen molar-refractivity contribution in [3.63, 3.8) is 0 Å². The first-order chi connectivity index (χ1) is 8.97. The van der Waals surface area contributed by atoms with Crippen LogP contribution < -0.4 is 5.14 Å². The Hall–Kier alpha value is -2.18. The maximum atomic E-state index is 11.8. The standard InChI is InChI=1S/C13H11NO4S/c14-19(16,17)12-6-3-10(4-7-12)13(15)8-5-11-2-1-9-18-11/h1-9H,(H2,14,16,17)/b8-5+. The average Bonchev–Trinajstić information content (AvgIpc) is 2.88. The topological polar surface area (TPSA) is 90.4 Å². The Morgan fingerprint density at radius 1 is 1.16 bits per heavy atom. The number of hydrogen-bond acceptors (Lipinski definition) is 4. The van der Waals surface area contributed by atoms with Gasteiger partial charge in [-0.3, -0.25) is 4.79 Å². The summed E-state index contributed by atoms with van der Waals surface area (Å²) in [5.41, 5.74) is 0.371. The molecule has 2 rings (SSSR count). The molecule has 98 valence electrons. The molecule has 0 bridgehead atoms. The van der Waals surface area contributed by atoms with Crippen LogP contribution in [0.2, 0.25) is 0 Å². The molecule has 0 atom stereocenters. The molecule has 0 aliphatic carbocycles. The van der Waals surface area contributed by atoms with Gasteiger partial charge in [0.1, 0.15) is 5.76 Å². The van der Waals surface area contributed by atoms with Gasteiger partial charge in [0.2, 0.25) is 10.0 Å². The van der Waals surface area contributed by atoms with Gasteiger partial charge in [0.05, 0.1) is 11.2 Å². The van der Waals surface area contributed by atoms with Gasteiger partial charge in [-0.05, 0) is 48.6 Å². The highest BCUT2D eigenvalue weighted by Crippen LogP contribution is 2.10. The fraction of sp³-hybridized carbons (Fsp3) is 0. The molecule has 0 saturated carbocycles. The molecule has 0 aliphatic heterocycles. The highest BCUT2D eigenvalue weighted by Gasteiger charge is 2.08. The Morgan fingerprint density at radius 2 is 1.84 bits per heavy atom. The molecule has 0 fully saturated rings. The predicted octanol–water partition coefficient (Wildman–Crippen LogP) is 1.82. The molecule has 2 aromatic rings. The molecule has 1 heterocycles. The van der Waals surface area contributed by atoms with E-state index in [1.165, 1.54) is 42.7 Å². The van der Waals surface area contributed by atoms with Crippen molar-refractivity contribution in [1.82, 2.24) is 0 Å². The van der Waals surface area contributed by atoms with Crippen molar-refractivity contribution in [2.75, 3.05) is 0 Å². The summed E-state index contributed by atoms with van der Waals surface area (Å²) in [6.45, 7) is 0. The number of sulfonamides is 1. The lowest BCUT2D eigenvalue weighted by Gasteiger charge is -1.99. The summed E-state index contributed by atoms with van der Waals surface area (Å²) in [5, 5.41) is 4.97. The van der Waals surface area contributed by atoms with Crippen molar-refractivity contribution in [2.45, 2.75) is 4.90 Å². The first-order valence-corrected chi connectivity index (χ1v) is 6.90. The maximum Gasteiger partial charge on any atom is 0.238 e. The highest BCUT2D eigenvalue weighted by molar-refractivity contribution is 7.89. The van der Waals surface area contributed by atoms with E-state index in [-0.39, 0.29) is 10.7 Å². The van der Waals surface area contributed by atoms with Crippen LogP contribution in [-0.4, -0.2) is 14.2 Å². The third-order valence-electron chi connectivity index (χ3n) is 2.41. The van der Waals surface area contributed by atoms with Crippen molar-refractivity contribution < 1.29 is 17.6 Å². The van der Waals surface area contributed by atoms with E-state index in [0.717, 1.165) is 0 Å². The molecule has 0 saturated heterocycles. The molecule has 0 unspecified atom stereocenters. The molecule has 0 radical (unpaired) electrons. The molecule has 1 aromatic carbocycles. The van der Waals surface area contributed by atoms with Gasteiger partial charge in [-0.1, -0.05) is 0 Å². The van der Waals surface area contributed by atoms with Crippen LogP contribution in [-0.2, 0) is 10.0 Å². The molecule has 19 heavy (non-hydrogen) atoms. The molecule has 6 heteroatoms. The molecular weight excluding hydrogens is 266 g/mol. The third-order valence-corrected chi connectivity index (χ3v) is 3.34. The van der Waals surface area contributed by atoms with E-state index < -0.39 is 10.0 Å². The van der Waals surface area contributed by atoms with Gasteiger partial charge in [0.25, 0.3) is 0 Å². The van der Waals surface area contributed by atoms with Crippen LogP contribution in [0.25, 0.3) is 6.08 Å². The summed E-state index contributed by atoms with van der Waals surface area (Å²) >= 11 is 0. The summed E-state index contributed by atoms with van der Waals surface area (Å²) in [5.74, 6) is 0.312. The van der Waals surface area contributed by atoms with Gasteiger partial charge in [-0.15, -0.1) is 0 Å². The summed E-state index contributed by atoms with van der Waals surface area (Å²) in [6, 6.07) is 8.84. The van der Waals surface area contributed by atoms with E-state index in [9.17, 15) is 13.2 Å². The number of hydrogen-bond donors (Lipinski definition) is 1. The molecular formula is C13H11NO4S. The van der Waals surface area contributed by atoms with E-state index in [0.29, 0.717) is 11.3 Å². The fourth-order valence-electron chi connectivity index (χ4n) is 1.45. The second-order valence-corrected chi connectivity index (χ2v) is 5.34. The number of rotatable bonds is 4. The Bertz CT molecular complexity index is 698. The summed E-state index contributed by atoms with van der Waals surface area (Å²) in [6.07, 6.45) is 4.39. The second kappa shape index (κ2) is 5.21. The zero-order valence-electron chi connectivity index (χ0n) is 9.81. The van der Waals surface area contributed by atoms with Crippen molar-refractivity contribution in [3.05, 3.63) is 60.1 Å². The maximum absolute atomic E-state index is 11.8. The molecule has 5 nitrogen and oxygen atoms in total. The minimum absolute atomic E-state index is 0.0286. The van der Waals surface area contributed by atoms with Crippen LogP contribution in [0.15, 0.2) is 58.1 Å². The lowest BCUT2D eigenvalue weighted by atomic mass is 10.1. The zero-order valence-corrected chi connectivity index (χ0v) is 10.6. The number of carbonyl (C=O) groups excluding carboxylic acids is 1. The lowest BCUT2D eigenvalue weighted by molar-refractivity contribution is 0.104. The van der Waals surface area contributed by atoms with Crippen LogP contribution in [0.3, 0.4) is 0 Å². The normalized spacial score (nSPS) is 11.8. The summed E-state index contributed by atoms with van der Waals surface area (Å²) in [7, 11) is -3.74. The quantitative estimate of drug-likeness (QED) is 0.681. The van der Waals surface area contributed by atoms with Crippen molar-refractivity contribution in [3.8, 4) is 0 Å². The Balaban J connectivity index is 2.17. The van der Waals surface area contributed by atoms with Crippen LogP contribution in [0.1, 0.15) is 16.1 Å². The van der Waals surface area contributed by atoms with Crippen molar-refractivity contribution >= 4 is 21.9 Å². The van der Waals surface area contributed by atoms with Crippen LogP contribution in [0.4, 0.5) is 0 Å². The number of furan rings is 1. The van der Waals surface area contributed by atoms with Gasteiger partial charge < -0.3 is 4.42 Å². The fourth-order valence-corrected chi connectivity index (χ4v) is 1.96. The minimum atomic E-state index is -3.74. The first-order valence-electron chi connectivity index (χ1n) is 5.35. The minimum Gasteiger partial charge on any atom is -0.465 e. The number of nitrogens with two attached hydrogens (primary N) is 1. The monoisotopic (exact) mass is 277 g/mol. The third kappa shape index (κ3) is 3.40. The van der Waals surface area contributed by atoms with Crippen LogP contribution in [0.5, 0.6) is 0 Å². The summed E-state index contributed by atoms with van der Waals surface area (Å²) in [4.78, 5) is 11.8. The highest BCUT2D eigenvalue weighted by atomic mass is 32.2. The molecule has 0 aliphatic rings. The predicted molar refractivity (Wildman–Crippen MR) is 69.9 cm³/mol. The first kappa shape index (κ1) is 13.3. The number of primary sulfonamides is 1. The summed E-state index contributed by atoms with van der Waals surface area (Å²) < 4.78 is 27.2.